The van der Waals surface area contributed by atoms with Crippen LogP contribution in [0.4, 0.5) is 0 Å². The molecular weight excluding hydrogens is 370 g/mol. The molecule has 0 amide bonds. The molecular formula is C27H35NO2. The predicted octanol–water partition coefficient (Wildman–Crippen LogP) is 6.54. The predicted molar refractivity (Wildman–Crippen MR) is 124 cm³/mol. The van der Waals surface area contributed by atoms with Crippen molar-refractivity contribution < 1.29 is 9.53 Å². The van der Waals surface area contributed by atoms with E-state index in [1.54, 1.807) is 0 Å². The lowest BCUT2D eigenvalue weighted by atomic mass is 9.97. The Morgan fingerprint density at radius 2 is 1.50 bits per heavy atom. The van der Waals surface area contributed by atoms with Gasteiger partial charge in [0.15, 0.2) is 0 Å². The monoisotopic (exact) mass is 405 g/mol. The molecule has 0 saturated carbocycles. The van der Waals surface area contributed by atoms with Crippen molar-refractivity contribution >= 4 is 11.7 Å². The number of unbranched alkanes of at least 4 members (excludes halogenated alkanes) is 6. The highest BCUT2D eigenvalue weighted by Crippen LogP contribution is 2.25. The molecule has 3 rings (SSSR count). The highest BCUT2D eigenvalue weighted by atomic mass is 16.5. The van der Waals surface area contributed by atoms with Gasteiger partial charge in [-0.15, -0.1) is 0 Å². The molecule has 0 radical (unpaired) electrons. The molecule has 30 heavy (non-hydrogen) atoms. The molecule has 0 aromatic heterocycles. The smallest absolute Gasteiger partial charge is 0.216 e. The number of aliphatic imine (C=N–C) groups is 1. The van der Waals surface area contributed by atoms with Crippen molar-refractivity contribution in [2.24, 2.45) is 4.99 Å². The van der Waals surface area contributed by atoms with Gasteiger partial charge in [0.05, 0.1) is 6.04 Å². The lowest BCUT2D eigenvalue weighted by Crippen LogP contribution is -2.27. The fourth-order valence-electron chi connectivity index (χ4n) is 4.03. The minimum Gasteiger partial charge on any atom is -0.471 e. The Labute approximate surface area is 181 Å². The molecule has 0 aliphatic carbocycles. The normalized spacial score (nSPS) is 18.1. The fourth-order valence-corrected chi connectivity index (χ4v) is 4.03. The number of carbonyl (C=O) groups is 1. The summed E-state index contributed by atoms with van der Waals surface area (Å²) in [7, 11) is 0. The number of carbonyl (C=O) groups excluding carboxylic acids is 1. The van der Waals surface area contributed by atoms with Crippen LogP contribution in [0, 0.1) is 0 Å². The van der Waals surface area contributed by atoms with Crippen LogP contribution in [0.3, 0.4) is 0 Å². The SMILES string of the molecule is CCCCCCCCCC(=O)C[C@@H]1OC(c2ccccc2)=N[C@H]1Cc1ccccc1. The number of rotatable bonds is 13. The van der Waals surface area contributed by atoms with E-state index in [0.29, 0.717) is 24.5 Å². The second-order valence-corrected chi connectivity index (χ2v) is 8.33. The van der Waals surface area contributed by atoms with Crippen molar-refractivity contribution in [2.75, 3.05) is 0 Å². The van der Waals surface area contributed by atoms with Crippen LogP contribution in [-0.4, -0.2) is 23.8 Å². The molecule has 0 fully saturated rings. The summed E-state index contributed by atoms with van der Waals surface area (Å²) in [6.07, 6.45) is 10.3. The highest BCUT2D eigenvalue weighted by molar-refractivity contribution is 5.95. The summed E-state index contributed by atoms with van der Waals surface area (Å²) in [5.74, 6) is 0.974. The molecule has 160 valence electrons. The van der Waals surface area contributed by atoms with Crippen LogP contribution in [0.25, 0.3) is 0 Å². The standard InChI is InChI=1S/C27H35NO2/c1-2-3-4-5-6-7-14-19-24(29)21-26-25(20-22-15-10-8-11-16-22)28-27(30-26)23-17-12-9-13-18-23/h8-13,15-18,25-26H,2-7,14,19-21H2,1H3/t25-,26-/m0/s1. The molecule has 1 aliphatic rings. The maximum absolute atomic E-state index is 12.6. The van der Waals surface area contributed by atoms with E-state index in [9.17, 15) is 4.79 Å². The van der Waals surface area contributed by atoms with Gasteiger partial charge in [-0.1, -0.05) is 94.0 Å². The molecule has 1 aliphatic heterocycles. The van der Waals surface area contributed by atoms with E-state index >= 15 is 0 Å². The lowest BCUT2D eigenvalue weighted by Gasteiger charge is -2.17. The summed E-state index contributed by atoms with van der Waals surface area (Å²) in [6, 6.07) is 20.4. The Kier molecular flexibility index (Phi) is 9.14. The summed E-state index contributed by atoms with van der Waals surface area (Å²) in [6.45, 7) is 2.24. The van der Waals surface area contributed by atoms with Crippen LogP contribution in [-0.2, 0) is 16.0 Å². The van der Waals surface area contributed by atoms with Crippen molar-refractivity contribution in [1.82, 2.24) is 0 Å². The molecule has 0 saturated heterocycles. The molecule has 3 heteroatoms. The average Bonchev–Trinajstić information content (AvgIpc) is 3.16. The third kappa shape index (κ3) is 7.12. The van der Waals surface area contributed by atoms with Gasteiger partial charge in [0, 0.05) is 18.4 Å². The number of hydrogen-bond acceptors (Lipinski definition) is 3. The van der Waals surface area contributed by atoms with Crippen molar-refractivity contribution in [3.8, 4) is 0 Å². The summed E-state index contributed by atoms with van der Waals surface area (Å²) in [5.41, 5.74) is 2.21. The minimum absolute atomic E-state index is 0.0133. The first kappa shape index (κ1) is 22.3. The quantitative estimate of drug-likeness (QED) is 0.355. The molecule has 1 heterocycles. The zero-order valence-corrected chi connectivity index (χ0v) is 18.3. The molecule has 0 unspecified atom stereocenters. The van der Waals surface area contributed by atoms with Gasteiger partial charge in [0.2, 0.25) is 5.90 Å². The van der Waals surface area contributed by atoms with Gasteiger partial charge in [-0.2, -0.15) is 0 Å². The third-order valence-corrected chi connectivity index (χ3v) is 5.77. The number of hydrogen-bond donors (Lipinski definition) is 0. The van der Waals surface area contributed by atoms with Gasteiger partial charge < -0.3 is 4.74 Å². The Bertz CT molecular complexity index is 785. The molecule has 2 atom stereocenters. The topological polar surface area (TPSA) is 38.7 Å². The van der Waals surface area contributed by atoms with Crippen molar-refractivity contribution in [3.05, 3.63) is 71.8 Å². The summed E-state index contributed by atoms with van der Waals surface area (Å²) < 4.78 is 6.20. The first-order valence-corrected chi connectivity index (χ1v) is 11.6. The zero-order valence-electron chi connectivity index (χ0n) is 18.3. The zero-order chi connectivity index (χ0) is 21.0. The molecule has 2 aromatic carbocycles. The van der Waals surface area contributed by atoms with Crippen LogP contribution < -0.4 is 0 Å². The Hall–Kier alpha value is -2.42. The fraction of sp³-hybridized carbons (Fsp3) is 0.481. The second-order valence-electron chi connectivity index (χ2n) is 8.33. The molecule has 0 spiro atoms. The molecule has 3 nitrogen and oxygen atoms in total. The van der Waals surface area contributed by atoms with Gasteiger partial charge in [-0.3, -0.25) is 4.79 Å². The van der Waals surface area contributed by atoms with Gasteiger partial charge >= 0.3 is 0 Å². The number of ether oxygens (including phenoxy) is 1. The van der Waals surface area contributed by atoms with Crippen LogP contribution in [0.15, 0.2) is 65.7 Å². The summed E-state index contributed by atoms with van der Waals surface area (Å²) in [5, 5.41) is 0. The molecule has 0 bridgehead atoms. The number of ketones is 1. The summed E-state index contributed by atoms with van der Waals surface area (Å²) in [4.78, 5) is 17.5. The summed E-state index contributed by atoms with van der Waals surface area (Å²) >= 11 is 0. The van der Waals surface area contributed by atoms with Crippen molar-refractivity contribution in [2.45, 2.75) is 83.3 Å². The van der Waals surface area contributed by atoms with Crippen LogP contribution >= 0.6 is 0 Å². The first-order chi connectivity index (χ1) is 14.8. The van der Waals surface area contributed by atoms with Crippen molar-refractivity contribution in [3.63, 3.8) is 0 Å². The maximum Gasteiger partial charge on any atom is 0.216 e. The van der Waals surface area contributed by atoms with E-state index in [1.807, 2.05) is 48.5 Å². The average molecular weight is 406 g/mol. The van der Waals surface area contributed by atoms with Crippen LogP contribution in [0.2, 0.25) is 0 Å². The molecule has 0 N–H and O–H groups in total. The van der Waals surface area contributed by atoms with Gasteiger partial charge in [0.25, 0.3) is 0 Å². The van der Waals surface area contributed by atoms with E-state index in [1.165, 1.54) is 37.7 Å². The van der Waals surface area contributed by atoms with Crippen LogP contribution in [0.5, 0.6) is 0 Å². The van der Waals surface area contributed by atoms with Gasteiger partial charge in [-0.25, -0.2) is 4.99 Å². The molecule has 2 aromatic rings. The third-order valence-electron chi connectivity index (χ3n) is 5.77. The number of nitrogens with zero attached hydrogens (tertiary/aromatic N) is 1. The van der Waals surface area contributed by atoms with Gasteiger partial charge in [-0.05, 0) is 30.5 Å². The van der Waals surface area contributed by atoms with E-state index in [-0.39, 0.29) is 12.1 Å². The lowest BCUT2D eigenvalue weighted by molar-refractivity contribution is -0.120. The largest absolute Gasteiger partial charge is 0.471 e. The first-order valence-electron chi connectivity index (χ1n) is 11.6. The highest BCUT2D eigenvalue weighted by Gasteiger charge is 2.33. The number of Topliss-reactive ketones (excluding diaryl/α,β-unsaturated/α-hetero) is 1. The van der Waals surface area contributed by atoms with E-state index in [0.717, 1.165) is 24.8 Å². The Morgan fingerprint density at radius 1 is 0.867 bits per heavy atom. The Balaban J connectivity index is 1.53. The minimum atomic E-state index is -0.169. The number of benzene rings is 2. The van der Waals surface area contributed by atoms with Crippen molar-refractivity contribution in [1.29, 1.82) is 0 Å². The van der Waals surface area contributed by atoms with E-state index < -0.39 is 0 Å². The van der Waals surface area contributed by atoms with E-state index in [2.05, 4.69) is 19.1 Å². The second kappa shape index (κ2) is 12.3. The Morgan fingerprint density at radius 3 is 2.20 bits per heavy atom. The maximum atomic E-state index is 12.6. The van der Waals surface area contributed by atoms with E-state index in [4.69, 9.17) is 9.73 Å². The van der Waals surface area contributed by atoms with Gasteiger partial charge in [0.1, 0.15) is 11.9 Å². The van der Waals surface area contributed by atoms with Crippen LogP contribution in [0.1, 0.15) is 75.8 Å².